The summed E-state index contributed by atoms with van der Waals surface area (Å²) in [5, 5.41) is 3.21. The highest BCUT2D eigenvalue weighted by Crippen LogP contribution is 2.43. The molecule has 0 saturated carbocycles. The fourth-order valence-electron chi connectivity index (χ4n) is 2.97. The Morgan fingerprint density at radius 1 is 1.44 bits per heavy atom. The number of fused-ring (bicyclic) bond motifs is 2. The standard InChI is InChI=1S/C14H16N2O2/c15-13(17)12-9-16-7-6-14(12)11-4-2-1-3-10(11)5-8-18-14/h1-5,8,12,16H,6-7,9H2,(H2,15,17). The minimum Gasteiger partial charge on any atom is -0.489 e. The zero-order valence-corrected chi connectivity index (χ0v) is 10.1. The molecule has 2 heterocycles. The van der Waals surface area contributed by atoms with Gasteiger partial charge in [-0.3, -0.25) is 4.79 Å². The van der Waals surface area contributed by atoms with E-state index < -0.39 is 5.60 Å². The first-order chi connectivity index (χ1) is 8.74. The molecule has 2 atom stereocenters. The molecule has 1 amide bonds. The number of carbonyl (C=O) groups is 1. The van der Waals surface area contributed by atoms with Crippen molar-refractivity contribution < 1.29 is 9.53 Å². The highest BCUT2D eigenvalue weighted by atomic mass is 16.5. The van der Waals surface area contributed by atoms with E-state index in [0.29, 0.717) is 6.54 Å². The summed E-state index contributed by atoms with van der Waals surface area (Å²) in [4.78, 5) is 11.7. The van der Waals surface area contributed by atoms with Crippen molar-refractivity contribution in [2.24, 2.45) is 11.7 Å². The van der Waals surface area contributed by atoms with E-state index in [1.807, 2.05) is 30.3 Å². The molecular weight excluding hydrogens is 228 g/mol. The lowest BCUT2D eigenvalue weighted by Gasteiger charge is -2.44. The fourth-order valence-corrected chi connectivity index (χ4v) is 2.97. The predicted molar refractivity (Wildman–Crippen MR) is 68.4 cm³/mol. The number of benzene rings is 1. The van der Waals surface area contributed by atoms with Gasteiger partial charge in [-0.15, -0.1) is 0 Å². The van der Waals surface area contributed by atoms with Gasteiger partial charge in [0.05, 0.1) is 12.2 Å². The van der Waals surface area contributed by atoms with Crippen LogP contribution in [0.1, 0.15) is 17.5 Å². The van der Waals surface area contributed by atoms with Gasteiger partial charge >= 0.3 is 0 Å². The van der Waals surface area contributed by atoms with Crippen LogP contribution in [-0.4, -0.2) is 19.0 Å². The number of hydrogen-bond donors (Lipinski definition) is 2. The van der Waals surface area contributed by atoms with Crippen LogP contribution in [0.4, 0.5) is 0 Å². The molecule has 1 spiro atoms. The maximum absolute atomic E-state index is 11.7. The third kappa shape index (κ3) is 1.53. The van der Waals surface area contributed by atoms with Crippen LogP contribution in [0, 0.1) is 5.92 Å². The number of carbonyl (C=O) groups excluding carboxylic acids is 1. The Kier molecular flexibility index (Phi) is 2.59. The van der Waals surface area contributed by atoms with Crippen molar-refractivity contribution in [1.82, 2.24) is 5.32 Å². The van der Waals surface area contributed by atoms with Gasteiger partial charge < -0.3 is 15.8 Å². The Morgan fingerprint density at radius 2 is 2.28 bits per heavy atom. The number of hydrogen-bond acceptors (Lipinski definition) is 3. The molecule has 1 aromatic carbocycles. The van der Waals surface area contributed by atoms with Crippen LogP contribution in [-0.2, 0) is 15.1 Å². The van der Waals surface area contributed by atoms with Crippen molar-refractivity contribution in [1.29, 1.82) is 0 Å². The van der Waals surface area contributed by atoms with E-state index in [0.717, 1.165) is 24.1 Å². The highest BCUT2D eigenvalue weighted by molar-refractivity contribution is 5.79. The van der Waals surface area contributed by atoms with Gasteiger partial charge in [-0.1, -0.05) is 24.3 Å². The first-order valence-corrected chi connectivity index (χ1v) is 6.18. The topological polar surface area (TPSA) is 64.4 Å². The van der Waals surface area contributed by atoms with Crippen molar-refractivity contribution >= 4 is 12.0 Å². The largest absolute Gasteiger partial charge is 0.489 e. The van der Waals surface area contributed by atoms with Crippen LogP contribution in [0.2, 0.25) is 0 Å². The Balaban J connectivity index is 2.13. The van der Waals surface area contributed by atoms with Gasteiger partial charge in [-0.2, -0.15) is 0 Å². The first-order valence-electron chi connectivity index (χ1n) is 6.18. The molecule has 2 aliphatic rings. The Morgan fingerprint density at radius 3 is 3.11 bits per heavy atom. The van der Waals surface area contributed by atoms with Gasteiger partial charge in [0, 0.05) is 18.5 Å². The maximum Gasteiger partial charge on any atom is 0.226 e. The third-order valence-corrected chi connectivity index (χ3v) is 3.87. The van der Waals surface area contributed by atoms with Crippen LogP contribution in [0.15, 0.2) is 30.5 Å². The van der Waals surface area contributed by atoms with Crippen LogP contribution >= 0.6 is 0 Å². The summed E-state index contributed by atoms with van der Waals surface area (Å²) in [6.45, 7) is 1.39. The summed E-state index contributed by atoms with van der Waals surface area (Å²) in [6, 6.07) is 8.03. The van der Waals surface area contributed by atoms with E-state index in [1.165, 1.54) is 0 Å². The third-order valence-electron chi connectivity index (χ3n) is 3.87. The maximum atomic E-state index is 11.7. The second-order valence-electron chi connectivity index (χ2n) is 4.81. The van der Waals surface area contributed by atoms with Gasteiger partial charge in [-0.05, 0) is 18.2 Å². The van der Waals surface area contributed by atoms with Crippen molar-refractivity contribution in [2.45, 2.75) is 12.0 Å². The average molecular weight is 244 g/mol. The molecule has 1 aromatic rings. The zero-order valence-electron chi connectivity index (χ0n) is 10.1. The number of primary amides is 1. The lowest BCUT2D eigenvalue weighted by Crippen LogP contribution is -2.54. The van der Waals surface area contributed by atoms with Crippen molar-refractivity contribution in [3.63, 3.8) is 0 Å². The first kappa shape index (κ1) is 11.3. The van der Waals surface area contributed by atoms with Crippen molar-refractivity contribution in [3.8, 4) is 0 Å². The molecule has 0 aromatic heterocycles. The molecule has 2 unspecified atom stereocenters. The van der Waals surface area contributed by atoms with Crippen LogP contribution in [0.3, 0.4) is 0 Å². The van der Waals surface area contributed by atoms with Crippen LogP contribution in [0.5, 0.6) is 0 Å². The second kappa shape index (κ2) is 4.14. The van der Waals surface area contributed by atoms with Crippen LogP contribution in [0.25, 0.3) is 6.08 Å². The van der Waals surface area contributed by atoms with E-state index in [9.17, 15) is 4.79 Å². The molecule has 2 aliphatic heterocycles. The van der Waals surface area contributed by atoms with Crippen molar-refractivity contribution in [2.75, 3.05) is 13.1 Å². The normalized spacial score (nSPS) is 29.7. The van der Waals surface area contributed by atoms with Gasteiger partial charge in [0.2, 0.25) is 5.91 Å². The lowest BCUT2D eigenvalue weighted by molar-refractivity contribution is -0.136. The second-order valence-corrected chi connectivity index (χ2v) is 4.81. The molecule has 4 nitrogen and oxygen atoms in total. The monoisotopic (exact) mass is 244 g/mol. The number of nitrogens with one attached hydrogen (secondary N) is 1. The van der Waals surface area contributed by atoms with E-state index in [-0.39, 0.29) is 11.8 Å². The van der Waals surface area contributed by atoms with E-state index >= 15 is 0 Å². The molecule has 18 heavy (non-hydrogen) atoms. The minimum absolute atomic E-state index is 0.313. The Hall–Kier alpha value is -1.81. The average Bonchev–Trinajstić information content (AvgIpc) is 2.40. The highest BCUT2D eigenvalue weighted by Gasteiger charge is 2.48. The van der Waals surface area contributed by atoms with E-state index in [4.69, 9.17) is 10.5 Å². The number of amides is 1. The summed E-state index contributed by atoms with van der Waals surface area (Å²) >= 11 is 0. The molecule has 4 heteroatoms. The van der Waals surface area contributed by atoms with Gasteiger partial charge in [0.1, 0.15) is 5.60 Å². The molecule has 0 aliphatic carbocycles. The molecule has 94 valence electrons. The number of nitrogens with two attached hydrogens (primary N) is 1. The fraction of sp³-hybridized carbons (Fsp3) is 0.357. The summed E-state index contributed by atoms with van der Waals surface area (Å²) in [5.41, 5.74) is 7.13. The summed E-state index contributed by atoms with van der Waals surface area (Å²) in [6.07, 6.45) is 4.37. The Bertz CT molecular complexity index is 512. The number of rotatable bonds is 1. The molecule has 0 bridgehead atoms. The number of ether oxygens (including phenoxy) is 1. The SMILES string of the molecule is NC(=O)C1CNCCC12OC=Cc1ccccc12. The van der Waals surface area contributed by atoms with E-state index in [1.54, 1.807) is 6.26 Å². The summed E-state index contributed by atoms with van der Waals surface area (Å²) in [7, 11) is 0. The minimum atomic E-state index is -0.595. The van der Waals surface area contributed by atoms with Gasteiger partial charge in [0.15, 0.2) is 0 Å². The molecule has 3 N–H and O–H groups in total. The van der Waals surface area contributed by atoms with E-state index in [2.05, 4.69) is 5.32 Å². The molecule has 1 saturated heterocycles. The lowest BCUT2D eigenvalue weighted by atomic mass is 9.73. The van der Waals surface area contributed by atoms with Crippen LogP contribution < -0.4 is 11.1 Å². The molecule has 3 rings (SSSR count). The Labute approximate surface area is 106 Å². The summed E-state index contributed by atoms with van der Waals surface area (Å²) < 4.78 is 5.89. The van der Waals surface area contributed by atoms with Gasteiger partial charge in [-0.25, -0.2) is 0 Å². The molecule has 0 radical (unpaired) electrons. The molecular formula is C14H16N2O2. The van der Waals surface area contributed by atoms with Crippen molar-refractivity contribution in [3.05, 3.63) is 41.7 Å². The quantitative estimate of drug-likeness (QED) is 0.774. The number of piperidine rings is 1. The molecule has 1 fully saturated rings. The predicted octanol–water partition coefficient (Wildman–Crippen LogP) is 0.978. The zero-order chi connectivity index (χ0) is 12.6. The summed E-state index contributed by atoms with van der Waals surface area (Å²) in [5.74, 6) is -0.648. The van der Waals surface area contributed by atoms with Gasteiger partial charge in [0.25, 0.3) is 0 Å². The smallest absolute Gasteiger partial charge is 0.226 e.